The molecule has 6 atom stereocenters. The Balaban J connectivity index is 1.43. The molecular formula is C17H14Br2O5. The van der Waals surface area contributed by atoms with Gasteiger partial charge in [-0.3, -0.25) is 14.4 Å². The van der Waals surface area contributed by atoms with Gasteiger partial charge in [0.2, 0.25) is 0 Å². The second kappa shape index (κ2) is 5.95. The van der Waals surface area contributed by atoms with Crippen LogP contribution in [0, 0.1) is 23.7 Å². The summed E-state index contributed by atoms with van der Waals surface area (Å²) in [7, 11) is 0. The zero-order chi connectivity index (χ0) is 17.0. The van der Waals surface area contributed by atoms with Crippen LogP contribution in [0.4, 0.5) is 0 Å². The smallest absolute Gasteiger partial charge is 0.310 e. The highest BCUT2D eigenvalue weighted by atomic mass is 79.9. The van der Waals surface area contributed by atoms with Gasteiger partial charge < -0.3 is 9.47 Å². The molecular weight excluding hydrogens is 444 g/mol. The summed E-state index contributed by atoms with van der Waals surface area (Å²) in [6.45, 7) is -0.313. The summed E-state index contributed by atoms with van der Waals surface area (Å²) in [5, 5.41) is 0. The SMILES string of the molecule is O=C(COC(=O)[C@@H]1[C@@H]2C[C@H]3[C@H](OC(=O)[C@@H]31)[C@@H]2Br)c1ccc(Br)cc1. The van der Waals surface area contributed by atoms with Gasteiger partial charge in [-0.05, 0) is 24.5 Å². The van der Waals surface area contributed by atoms with Gasteiger partial charge in [0.1, 0.15) is 6.10 Å². The summed E-state index contributed by atoms with van der Waals surface area (Å²) < 4.78 is 11.5. The highest BCUT2D eigenvalue weighted by Crippen LogP contribution is 2.60. The Bertz CT molecular complexity index is 716. The molecule has 0 unspecified atom stereocenters. The van der Waals surface area contributed by atoms with Crippen molar-refractivity contribution in [2.24, 2.45) is 23.7 Å². The number of Topliss-reactive ketones (excluding diaryl/α,β-unsaturated/α-hetero) is 1. The molecule has 0 aromatic heterocycles. The zero-order valence-electron chi connectivity index (χ0n) is 12.5. The van der Waals surface area contributed by atoms with Crippen molar-refractivity contribution >= 4 is 49.6 Å². The molecule has 5 nitrogen and oxygen atoms in total. The van der Waals surface area contributed by atoms with Crippen molar-refractivity contribution in [1.82, 2.24) is 0 Å². The molecule has 2 aliphatic carbocycles. The monoisotopic (exact) mass is 456 g/mol. The fourth-order valence-electron chi connectivity index (χ4n) is 4.25. The van der Waals surface area contributed by atoms with Gasteiger partial charge in [0.05, 0.1) is 16.7 Å². The number of fused-ring (bicyclic) bond motifs is 1. The minimum Gasteiger partial charge on any atom is -0.461 e. The third kappa shape index (κ3) is 2.44. The maximum Gasteiger partial charge on any atom is 0.310 e. The van der Waals surface area contributed by atoms with E-state index in [-0.39, 0.29) is 41.1 Å². The lowest BCUT2D eigenvalue weighted by Gasteiger charge is -2.26. The van der Waals surface area contributed by atoms with Crippen molar-refractivity contribution in [3.63, 3.8) is 0 Å². The van der Waals surface area contributed by atoms with Crippen molar-refractivity contribution in [1.29, 1.82) is 0 Å². The highest BCUT2D eigenvalue weighted by molar-refractivity contribution is 9.10. The van der Waals surface area contributed by atoms with Gasteiger partial charge in [0.15, 0.2) is 12.4 Å². The molecule has 3 fully saturated rings. The Morgan fingerprint density at radius 1 is 1.21 bits per heavy atom. The van der Waals surface area contributed by atoms with Crippen LogP contribution in [0.5, 0.6) is 0 Å². The first-order valence-corrected chi connectivity index (χ1v) is 9.48. The number of alkyl halides is 1. The van der Waals surface area contributed by atoms with Crippen molar-refractivity contribution in [3.8, 4) is 0 Å². The number of benzene rings is 1. The van der Waals surface area contributed by atoms with Crippen molar-refractivity contribution < 1.29 is 23.9 Å². The van der Waals surface area contributed by atoms with E-state index in [4.69, 9.17) is 9.47 Å². The molecule has 126 valence electrons. The van der Waals surface area contributed by atoms with Crippen LogP contribution in [-0.4, -0.2) is 35.3 Å². The van der Waals surface area contributed by atoms with Crippen molar-refractivity contribution in [2.45, 2.75) is 17.4 Å². The van der Waals surface area contributed by atoms with Crippen LogP contribution in [-0.2, 0) is 19.1 Å². The van der Waals surface area contributed by atoms with Crippen LogP contribution in [0.2, 0.25) is 0 Å². The van der Waals surface area contributed by atoms with E-state index in [1.807, 2.05) is 0 Å². The number of ether oxygens (including phenoxy) is 2. The molecule has 2 bridgehead atoms. The van der Waals surface area contributed by atoms with E-state index in [1.165, 1.54) is 0 Å². The van der Waals surface area contributed by atoms with E-state index in [2.05, 4.69) is 31.9 Å². The topological polar surface area (TPSA) is 69.7 Å². The minimum absolute atomic E-state index is 0.00933. The number of hydrogen-bond acceptors (Lipinski definition) is 5. The second-order valence-corrected chi connectivity index (χ2v) is 8.47. The maximum atomic E-state index is 12.5. The number of rotatable bonds is 4. The number of hydrogen-bond donors (Lipinski definition) is 0. The van der Waals surface area contributed by atoms with Gasteiger partial charge in [-0.15, -0.1) is 0 Å². The molecule has 4 rings (SSSR count). The van der Waals surface area contributed by atoms with Gasteiger partial charge in [-0.1, -0.05) is 44.0 Å². The van der Waals surface area contributed by atoms with Crippen LogP contribution in [0.3, 0.4) is 0 Å². The molecule has 1 aromatic carbocycles. The molecule has 0 radical (unpaired) electrons. The number of carbonyl (C=O) groups excluding carboxylic acids is 3. The van der Waals surface area contributed by atoms with Gasteiger partial charge in [0.25, 0.3) is 0 Å². The molecule has 0 N–H and O–H groups in total. The Kier molecular flexibility index (Phi) is 4.03. The van der Waals surface area contributed by atoms with Crippen LogP contribution in [0.1, 0.15) is 16.8 Å². The molecule has 0 amide bonds. The van der Waals surface area contributed by atoms with Crippen molar-refractivity contribution in [2.75, 3.05) is 6.61 Å². The molecule has 1 saturated heterocycles. The summed E-state index contributed by atoms with van der Waals surface area (Å²) in [6, 6.07) is 6.86. The van der Waals surface area contributed by atoms with Crippen molar-refractivity contribution in [3.05, 3.63) is 34.3 Å². The van der Waals surface area contributed by atoms with Crippen LogP contribution < -0.4 is 0 Å². The predicted molar refractivity (Wildman–Crippen MR) is 90.6 cm³/mol. The van der Waals surface area contributed by atoms with Crippen LogP contribution in [0.15, 0.2) is 28.7 Å². The number of esters is 2. The summed E-state index contributed by atoms with van der Waals surface area (Å²) >= 11 is 6.86. The Labute approximate surface area is 155 Å². The first kappa shape index (κ1) is 16.3. The van der Waals surface area contributed by atoms with Gasteiger partial charge in [-0.2, -0.15) is 0 Å². The fraction of sp³-hybridized carbons (Fsp3) is 0.471. The summed E-state index contributed by atoms with van der Waals surface area (Å²) in [6.07, 6.45) is 0.665. The molecule has 7 heteroatoms. The molecule has 1 aromatic rings. The molecule has 24 heavy (non-hydrogen) atoms. The summed E-state index contributed by atoms with van der Waals surface area (Å²) in [4.78, 5) is 36.6. The van der Waals surface area contributed by atoms with Crippen LogP contribution >= 0.6 is 31.9 Å². The van der Waals surface area contributed by atoms with E-state index in [0.29, 0.717) is 5.56 Å². The fourth-order valence-corrected chi connectivity index (χ4v) is 5.56. The first-order valence-electron chi connectivity index (χ1n) is 7.77. The Morgan fingerprint density at radius 3 is 2.62 bits per heavy atom. The molecule has 2 saturated carbocycles. The quantitative estimate of drug-likeness (QED) is 0.395. The number of carbonyl (C=O) groups is 3. The van der Waals surface area contributed by atoms with Crippen LogP contribution in [0.25, 0.3) is 0 Å². The first-order chi connectivity index (χ1) is 11.5. The van der Waals surface area contributed by atoms with Gasteiger partial charge in [-0.25, -0.2) is 0 Å². The number of halogens is 2. The lowest BCUT2D eigenvalue weighted by atomic mass is 9.80. The standard InChI is InChI=1S/C17H14Br2O5/c18-8-3-1-7(2-4-8)11(20)6-23-16(21)12-9-5-10-13(12)17(22)24-15(10)14(9)19/h1-4,9-10,12-15H,5-6H2/t9-,10+,12+,13-,14+,15-/m0/s1. The maximum absolute atomic E-state index is 12.5. The summed E-state index contributed by atoms with van der Waals surface area (Å²) in [5.74, 6) is -1.85. The average molecular weight is 458 g/mol. The highest BCUT2D eigenvalue weighted by Gasteiger charge is 2.68. The number of ketones is 1. The molecule has 0 spiro atoms. The zero-order valence-corrected chi connectivity index (χ0v) is 15.7. The molecule has 3 aliphatic rings. The lowest BCUT2D eigenvalue weighted by molar-refractivity contribution is -0.154. The summed E-state index contributed by atoms with van der Waals surface area (Å²) in [5.41, 5.74) is 0.484. The predicted octanol–water partition coefficient (Wildman–Crippen LogP) is 2.75. The van der Waals surface area contributed by atoms with E-state index in [0.717, 1.165) is 10.9 Å². The third-order valence-electron chi connectivity index (χ3n) is 5.31. The van der Waals surface area contributed by atoms with Gasteiger partial charge in [0, 0.05) is 16.0 Å². The Morgan fingerprint density at radius 2 is 1.92 bits per heavy atom. The second-order valence-electron chi connectivity index (χ2n) is 6.50. The third-order valence-corrected chi connectivity index (χ3v) is 7.04. The largest absolute Gasteiger partial charge is 0.461 e. The molecule has 1 heterocycles. The normalized spacial score (nSPS) is 35.8. The molecule has 1 aliphatic heterocycles. The van der Waals surface area contributed by atoms with Gasteiger partial charge >= 0.3 is 11.9 Å². The van der Waals surface area contributed by atoms with E-state index >= 15 is 0 Å². The minimum atomic E-state index is -0.511. The lowest BCUT2D eigenvalue weighted by Crippen LogP contribution is -2.39. The van der Waals surface area contributed by atoms with E-state index in [1.54, 1.807) is 24.3 Å². The Hall–Kier alpha value is -1.21. The average Bonchev–Trinajstić information content (AvgIpc) is 3.17. The van der Waals surface area contributed by atoms with E-state index < -0.39 is 17.8 Å². The van der Waals surface area contributed by atoms with E-state index in [9.17, 15) is 14.4 Å².